The number of aromatic nitrogens is 4. The third-order valence-corrected chi connectivity index (χ3v) is 6.41. The molecular weight excluding hydrogens is 402 g/mol. The zero-order chi connectivity index (χ0) is 22.7. The molecule has 4 rings (SSSR count). The molecule has 0 radical (unpaired) electrons. The summed E-state index contributed by atoms with van der Waals surface area (Å²) in [6.45, 7) is 8.02. The Morgan fingerprint density at radius 2 is 1.81 bits per heavy atom. The number of carbonyl (C=O) groups excluding carboxylic acids is 1. The van der Waals surface area contributed by atoms with Gasteiger partial charge in [-0.05, 0) is 56.4 Å². The van der Waals surface area contributed by atoms with E-state index in [1.165, 1.54) is 11.1 Å². The van der Waals surface area contributed by atoms with Gasteiger partial charge < -0.3 is 9.64 Å². The average molecular weight is 434 g/mol. The molecule has 168 valence electrons. The molecule has 1 amide bonds. The van der Waals surface area contributed by atoms with Crippen LogP contribution in [-0.4, -0.2) is 50.8 Å². The van der Waals surface area contributed by atoms with Gasteiger partial charge in [0.25, 0.3) is 0 Å². The van der Waals surface area contributed by atoms with Crippen LogP contribution in [0.5, 0.6) is 5.75 Å². The Balaban J connectivity index is 1.40. The van der Waals surface area contributed by atoms with Gasteiger partial charge in [-0.15, -0.1) is 0 Å². The first kappa shape index (κ1) is 22.0. The van der Waals surface area contributed by atoms with E-state index >= 15 is 0 Å². The van der Waals surface area contributed by atoms with E-state index in [1.54, 1.807) is 19.5 Å². The van der Waals surface area contributed by atoms with Crippen molar-refractivity contribution in [3.63, 3.8) is 0 Å². The molecular formula is C25H31N5O2. The first-order valence-electron chi connectivity index (χ1n) is 11.3. The maximum absolute atomic E-state index is 13.0. The van der Waals surface area contributed by atoms with Crippen molar-refractivity contribution in [3.8, 4) is 17.0 Å². The molecule has 0 N–H and O–H groups in total. The second-order valence-corrected chi connectivity index (χ2v) is 8.47. The van der Waals surface area contributed by atoms with Crippen molar-refractivity contribution in [2.45, 2.75) is 52.5 Å². The molecule has 0 bridgehead atoms. The summed E-state index contributed by atoms with van der Waals surface area (Å²) in [5.41, 5.74) is 5.60. The number of likely N-dealkylation sites (tertiary alicyclic amines) is 1. The number of carbonyl (C=O) groups is 1. The topological polar surface area (TPSA) is 73.1 Å². The Kier molecular flexibility index (Phi) is 6.53. The largest absolute Gasteiger partial charge is 0.494 e. The van der Waals surface area contributed by atoms with Gasteiger partial charge in [0, 0.05) is 30.3 Å². The number of hydrogen-bond acceptors (Lipinski definition) is 5. The van der Waals surface area contributed by atoms with E-state index in [2.05, 4.69) is 55.0 Å². The summed E-state index contributed by atoms with van der Waals surface area (Å²) >= 11 is 0. The van der Waals surface area contributed by atoms with Crippen LogP contribution in [0, 0.1) is 13.8 Å². The van der Waals surface area contributed by atoms with Crippen LogP contribution < -0.4 is 4.74 Å². The molecule has 2 aromatic heterocycles. The zero-order valence-corrected chi connectivity index (χ0v) is 19.3. The molecule has 1 fully saturated rings. The lowest BCUT2D eigenvalue weighted by Gasteiger charge is -2.31. The summed E-state index contributed by atoms with van der Waals surface area (Å²) < 4.78 is 7.00. The quantitative estimate of drug-likeness (QED) is 0.589. The Labute approximate surface area is 189 Å². The number of piperidine rings is 1. The van der Waals surface area contributed by atoms with E-state index in [0.717, 1.165) is 42.0 Å². The third kappa shape index (κ3) is 4.66. The van der Waals surface area contributed by atoms with Crippen molar-refractivity contribution in [1.29, 1.82) is 0 Å². The second kappa shape index (κ2) is 9.51. The summed E-state index contributed by atoms with van der Waals surface area (Å²) in [6.07, 6.45) is 5.98. The highest BCUT2D eigenvalue weighted by Crippen LogP contribution is 2.27. The normalized spacial score (nSPS) is 14.6. The number of benzene rings is 1. The maximum atomic E-state index is 13.0. The van der Waals surface area contributed by atoms with Gasteiger partial charge in [0.2, 0.25) is 5.91 Å². The Morgan fingerprint density at radius 1 is 1.09 bits per heavy atom. The fraction of sp³-hybridized carbons (Fsp3) is 0.440. The number of amides is 1. The van der Waals surface area contributed by atoms with Gasteiger partial charge in [0.05, 0.1) is 25.2 Å². The number of rotatable bonds is 6. The molecule has 0 spiro atoms. The first-order chi connectivity index (χ1) is 15.5. The van der Waals surface area contributed by atoms with Gasteiger partial charge >= 0.3 is 0 Å². The lowest BCUT2D eigenvalue weighted by Crippen LogP contribution is -2.40. The predicted octanol–water partition coefficient (Wildman–Crippen LogP) is 3.93. The van der Waals surface area contributed by atoms with Crippen molar-refractivity contribution in [2.75, 3.05) is 20.2 Å². The summed E-state index contributed by atoms with van der Waals surface area (Å²) in [5.74, 6) is 1.88. The molecule has 0 unspecified atom stereocenters. The summed E-state index contributed by atoms with van der Waals surface area (Å²) in [6, 6.07) is 8.49. The van der Waals surface area contributed by atoms with E-state index in [4.69, 9.17) is 9.84 Å². The molecule has 1 saturated heterocycles. The smallest absolute Gasteiger partial charge is 0.244 e. The fourth-order valence-electron chi connectivity index (χ4n) is 4.18. The maximum Gasteiger partial charge on any atom is 0.244 e. The number of methoxy groups -OCH3 is 1. The minimum Gasteiger partial charge on any atom is -0.494 e. The van der Waals surface area contributed by atoms with E-state index in [-0.39, 0.29) is 18.4 Å². The van der Waals surface area contributed by atoms with Crippen molar-refractivity contribution >= 4 is 5.91 Å². The van der Waals surface area contributed by atoms with Crippen LogP contribution in [0.4, 0.5) is 0 Å². The van der Waals surface area contributed by atoms with Gasteiger partial charge in [0.15, 0.2) is 5.75 Å². The molecule has 1 aromatic carbocycles. The molecule has 0 saturated carbocycles. The van der Waals surface area contributed by atoms with Crippen molar-refractivity contribution in [1.82, 2.24) is 24.6 Å². The summed E-state index contributed by atoms with van der Waals surface area (Å²) in [4.78, 5) is 23.8. The molecule has 0 atom stereocenters. The minimum atomic E-state index is 0.114. The first-order valence-corrected chi connectivity index (χ1v) is 11.3. The average Bonchev–Trinajstić information content (AvgIpc) is 3.23. The highest BCUT2D eigenvalue weighted by atomic mass is 16.5. The third-order valence-electron chi connectivity index (χ3n) is 6.41. The monoisotopic (exact) mass is 433 g/mol. The highest BCUT2D eigenvalue weighted by Gasteiger charge is 2.26. The number of hydrogen-bond donors (Lipinski definition) is 0. The van der Waals surface area contributed by atoms with Gasteiger partial charge in [-0.25, -0.2) is 9.97 Å². The van der Waals surface area contributed by atoms with Crippen LogP contribution in [0.2, 0.25) is 0 Å². The SMILES string of the molecule is CCc1cc(-c2ccc(C)c(C)c2)nn1CC(=O)N1CCC(c2ncc(OC)cn2)CC1. The predicted molar refractivity (Wildman–Crippen MR) is 124 cm³/mol. The van der Waals surface area contributed by atoms with E-state index in [0.29, 0.717) is 18.8 Å². The van der Waals surface area contributed by atoms with E-state index in [1.807, 2.05) is 9.58 Å². The summed E-state index contributed by atoms with van der Waals surface area (Å²) in [7, 11) is 1.61. The van der Waals surface area contributed by atoms with Gasteiger partial charge in [-0.1, -0.05) is 19.1 Å². The van der Waals surface area contributed by atoms with Crippen LogP contribution in [0.25, 0.3) is 11.3 Å². The lowest BCUT2D eigenvalue weighted by molar-refractivity contribution is -0.133. The molecule has 1 aliphatic heterocycles. The lowest BCUT2D eigenvalue weighted by atomic mass is 9.96. The van der Waals surface area contributed by atoms with E-state index in [9.17, 15) is 4.79 Å². The van der Waals surface area contributed by atoms with Crippen LogP contribution in [0.3, 0.4) is 0 Å². The molecule has 7 nitrogen and oxygen atoms in total. The Bertz CT molecular complexity index is 1080. The Morgan fingerprint density at radius 3 is 2.44 bits per heavy atom. The zero-order valence-electron chi connectivity index (χ0n) is 19.3. The summed E-state index contributed by atoms with van der Waals surface area (Å²) in [5, 5.41) is 4.77. The van der Waals surface area contributed by atoms with Crippen LogP contribution in [0.15, 0.2) is 36.7 Å². The standard InChI is InChI=1S/C25H31N5O2/c1-5-21-13-23(20-7-6-17(2)18(3)12-20)28-30(21)16-24(31)29-10-8-19(9-11-29)25-26-14-22(32-4)15-27-25/h6-7,12-15,19H,5,8-11,16H2,1-4H3. The number of aryl methyl sites for hydroxylation is 3. The number of ether oxygens (including phenoxy) is 1. The second-order valence-electron chi connectivity index (χ2n) is 8.47. The molecule has 0 aliphatic carbocycles. The molecule has 7 heteroatoms. The van der Waals surface area contributed by atoms with Gasteiger partial charge in [0.1, 0.15) is 12.4 Å². The van der Waals surface area contributed by atoms with Crippen molar-refractivity contribution in [2.24, 2.45) is 0 Å². The van der Waals surface area contributed by atoms with Crippen molar-refractivity contribution < 1.29 is 9.53 Å². The fourth-order valence-corrected chi connectivity index (χ4v) is 4.18. The van der Waals surface area contributed by atoms with Gasteiger partial charge in [-0.3, -0.25) is 9.48 Å². The van der Waals surface area contributed by atoms with E-state index < -0.39 is 0 Å². The van der Waals surface area contributed by atoms with Crippen LogP contribution in [-0.2, 0) is 17.8 Å². The van der Waals surface area contributed by atoms with Gasteiger partial charge in [-0.2, -0.15) is 5.10 Å². The molecule has 1 aliphatic rings. The number of nitrogens with zero attached hydrogens (tertiary/aromatic N) is 5. The van der Waals surface area contributed by atoms with Crippen molar-refractivity contribution in [3.05, 3.63) is 59.3 Å². The highest BCUT2D eigenvalue weighted by molar-refractivity contribution is 5.76. The molecule has 3 heterocycles. The van der Waals surface area contributed by atoms with Crippen LogP contribution in [0.1, 0.15) is 48.3 Å². The minimum absolute atomic E-state index is 0.114. The Hall–Kier alpha value is -3.22. The molecule has 3 aromatic rings. The van der Waals surface area contributed by atoms with Crippen LogP contribution >= 0.6 is 0 Å². The molecule has 32 heavy (non-hydrogen) atoms.